The third-order valence-electron chi connectivity index (χ3n) is 8.27. The number of hydrogen-bond acceptors (Lipinski definition) is 7. The van der Waals surface area contributed by atoms with Gasteiger partial charge >= 0.3 is 0 Å². The van der Waals surface area contributed by atoms with E-state index in [-0.39, 0.29) is 18.2 Å². The van der Waals surface area contributed by atoms with Gasteiger partial charge in [-0.1, -0.05) is 74.5 Å². The maximum atomic E-state index is 13.8. The minimum atomic E-state index is -0.966. The van der Waals surface area contributed by atoms with E-state index in [9.17, 15) is 19.2 Å². The second kappa shape index (κ2) is 19.0. The lowest BCUT2D eigenvalue weighted by atomic mass is 9.99. The van der Waals surface area contributed by atoms with Crippen molar-refractivity contribution in [3.8, 4) is 0 Å². The lowest BCUT2D eigenvalue weighted by Crippen LogP contribution is -2.59. The molecule has 0 aromatic heterocycles. The van der Waals surface area contributed by atoms with Gasteiger partial charge in [0.25, 0.3) is 0 Å². The average Bonchev–Trinajstić information content (AvgIpc) is 3.04. The first-order valence-electron chi connectivity index (χ1n) is 16.5. The van der Waals surface area contributed by atoms with E-state index in [1.165, 1.54) is 0 Å². The van der Waals surface area contributed by atoms with E-state index in [0.717, 1.165) is 30.6 Å². The van der Waals surface area contributed by atoms with Crippen LogP contribution in [0.4, 0.5) is 0 Å². The van der Waals surface area contributed by atoms with Gasteiger partial charge in [-0.3, -0.25) is 19.2 Å². The summed E-state index contributed by atoms with van der Waals surface area (Å²) in [5, 5.41) is 8.70. The Bertz CT molecular complexity index is 1240. The molecule has 3 rings (SSSR count). The maximum absolute atomic E-state index is 13.8. The van der Waals surface area contributed by atoms with E-state index < -0.39 is 41.9 Å². The predicted octanol–water partition coefficient (Wildman–Crippen LogP) is 1.20. The molecule has 2 aromatic rings. The molecule has 46 heavy (non-hydrogen) atoms. The molecule has 1 aliphatic rings. The number of nitrogens with two attached hydrogens (primary N) is 2. The molecule has 0 spiro atoms. The monoisotopic (exact) mass is 635 g/mol. The fourth-order valence-corrected chi connectivity index (χ4v) is 5.54. The molecule has 1 saturated heterocycles. The molecule has 1 heterocycles. The molecule has 7 N–H and O–H groups in total. The van der Waals surface area contributed by atoms with Crippen LogP contribution in [0.3, 0.4) is 0 Å². The third-order valence-corrected chi connectivity index (χ3v) is 8.27. The maximum Gasteiger partial charge on any atom is 0.245 e. The zero-order valence-corrected chi connectivity index (χ0v) is 27.6. The van der Waals surface area contributed by atoms with Crippen LogP contribution in [0.1, 0.15) is 50.7 Å². The molecular weight excluding hydrogens is 582 g/mol. The molecule has 252 valence electrons. The summed E-state index contributed by atoms with van der Waals surface area (Å²) in [5.74, 6) is -1.42. The molecule has 0 radical (unpaired) electrons. The number of piperazine rings is 1. The van der Waals surface area contributed by atoms with Crippen LogP contribution < -0.4 is 27.4 Å². The Morgan fingerprint density at radius 2 is 1.24 bits per heavy atom. The topological polar surface area (TPSA) is 163 Å². The van der Waals surface area contributed by atoms with Gasteiger partial charge in [-0.25, -0.2) is 0 Å². The molecule has 2 aromatic carbocycles. The minimum Gasteiger partial charge on any atom is -0.343 e. The number of rotatable bonds is 17. The highest BCUT2D eigenvalue weighted by molar-refractivity contribution is 5.95. The van der Waals surface area contributed by atoms with Gasteiger partial charge in [-0.05, 0) is 62.7 Å². The Morgan fingerprint density at radius 3 is 1.80 bits per heavy atom. The molecule has 11 nitrogen and oxygen atoms in total. The lowest BCUT2D eigenvalue weighted by Gasteiger charge is -2.35. The third kappa shape index (κ3) is 12.2. The average molecular weight is 636 g/mol. The zero-order chi connectivity index (χ0) is 33.5. The normalized spacial score (nSPS) is 16.3. The van der Waals surface area contributed by atoms with Gasteiger partial charge in [0.05, 0.1) is 6.04 Å². The van der Waals surface area contributed by atoms with Crippen LogP contribution in [-0.4, -0.2) is 97.4 Å². The van der Waals surface area contributed by atoms with Crippen LogP contribution in [0.2, 0.25) is 0 Å². The summed E-state index contributed by atoms with van der Waals surface area (Å²) in [4.78, 5) is 58.3. The summed E-state index contributed by atoms with van der Waals surface area (Å²) in [6.07, 6.45) is 2.78. The lowest BCUT2D eigenvalue weighted by molar-refractivity contribution is -0.139. The van der Waals surface area contributed by atoms with E-state index in [4.69, 9.17) is 11.5 Å². The summed E-state index contributed by atoms with van der Waals surface area (Å²) in [6, 6.07) is 15.4. The van der Waals surface area contributed by atoms with Gasteiger partial charge in [-0.15, -0.1) is 0 Å². The molecule has 0 bridgehead atoms. The van der Waals surface area contributed by atoms with Crippen molar-refractivity contribution >= 4 is 23.6 Å². The zero-order valence-electron chi connectivity index (χ0n) is 27.6. The van der Waals surface area contributed by atoms with Gasteiger partial charge in [0.1, 0.15) is 18.1 Å². The second-order valence-corrected chi connectivity index (χ2v) is 12.7. The van der Waals surface area contributed by atoms with Gasteiger partial charge in [0, 0.05) is 32.6 Å². The smallest absolute Gasteiger partial charge is 0.245 e. The Morgan fingerprint density at radius 1 is 0.717 bits per heavy atom. The Balaban J connectivity index is 1.76. The number of carbonyl (C=O) groups excluding carboxylic acids is 4. The van der Waals surface area contributed by atoms with Crippen molar-refractivity contribution in [3.63, 3.8) is 0 Å². The molecule has 0 aliphatic carbocycles. The predicted molar refractivity (Wildman–Crippen MR) is 180 cm³/mol. The molecule has 11 heteroatoms. The first-order chi connectivity index (χ1) is 22.1. The van der Waals surface area contributed by atoms with E-state index in [2.05, 4.69) is 20.9 Å². The van der Waals surface area contributed by atoms with Crippen LogP contribution in [0, 0.1) is 5.92 Å². The molecule has 0 unspecified atom stereocenters. The van der Waals surface area contributed by atoms with Gasteiger partial charge in [-0.2, -0.15) is 0 Å². The number of amides is 4. The Hall–Kier alpha value is -3.80. The molecule has 4 amide bonds. The number of nitrogens with one attached hydrogen (secondary N) is 3. The summed E-state index contributed by atoms with van der Waals surface area (Å²) in [7, 11) is 2.02. The Kier molecular flexibility index (Phi) is 15.1. The first-order valence-corrected chi connectivity index (χ1v) is 16.5. The van der Waals surface area contributed by atoms with Crippen LogP contribution in [0.5, 0.6) is 0 Å². The molecule has 1 fully saturated rings. The fourth-order valence-electron chi connectivity index (χ4n) is 5.54. The molecule has 1 aliphatic heterocycles. The number of carbonyl (C=O) groups is 4. The number of unbranched alkanes of at least 4 members (excludes halogenated alkanes) is 1. The number of nitrogens with zero attached hydrogens (tertiary/aromatic N) is 2. The highest BCUT2D eigenvalue weighted by atomic mass is 16.2. The van der Waals surface area contributed by atoms with Crippen molar-refractivity contribution in [3.05, 3.63) is 71.8 Å². The van der Waals surface area contributed by atoms with Crippen molar-refractivity contribution in [2.24, 2.45) is 17.4 Å². The molecule has 0 saturated carbocycles. The fraction of sp³-hybridized carbons (Fsp3) is 0.543. The largest absolute Gasteiger partial charge is 0.343 e. The van der Waals surface area contributed by atoms with Crippen molar-refractivity contribution in [1.82, 2.24) is 25.8 Å². The number of hydrogen-bond donors (Lipinski definition) is 5. The van der Waals surface area contributed by atoms with Gasteiger partial charge < -0.3 is 37.2 Å². The van der Waals surface area contributed by atoms with Crippen LogP contribution in [0.25, 0.3) is 0 Å². The Labute approximate surface area is 273 Å². The number of likely N-dealkylation sites (N-methyl/N-ethyl adjacent to an activating group) is 1. The van der Waals surface area contributed by atoms with Crippen molar-refractivity contribution in [2.75, 3.05) is 39.8 Å². The first kappa shape index (κ1) is 36.7. The summed E-state index contributed by atoms with van der Waals surface area (Å²) in [6.45, 7) is 7.16. The summed E-state index contributed by atoms with van der Waals surface area (Å²) in [5.41, 5.74) is 13.7. The summed E-state index contributed by atoms with van der Waals surface area (Å²) >= 11 is 0. The van der Waals surface area contributed by atoms with Crippen molar-refractivity contribution < 1.29 is 19.2 Å². The van der Waals surface area contributed by atoms with E-state index in [0.29, 0.717) is 45.3 Å². The SMILES string of the molecule is CC(C)C[C@@H](NC(=O)[C@@H](Cc1ccccc1)NC(=O)[C@H](N)Cc1ccccc1)C(=O)N[C@H](CCCCN)C(=O)N1CCN(C)CC1. The van der Waals surface area contributed by atoms with E-state index in [1.807, 2.05) is 81.6 Å². The van der Waals surface area contributed by atoms with Crippen LogP contribution in [-0.2, 0) is 32.0 Å². The minimum absolute atomic E-state index is 0.0709. The molecule has 4 atom stereocenters. The van der Waals surface area contributed by atoms with Crippen LogP contribution >= 0.6 is 0 Å². The number of benzene rings is 2. The van der Waals surface area contributed by atoms with E-state index >= 15 is 0 Å². The summed E-state index contributed by atoms with van der Waals surface area (Å²) < 4.78 is 0. The van der Waals surface area contributed by atoms with Gasteiger partial charge in [0.15, 0.2) is 0 Å². The second-order valence-electron chi connectivity index (χ2n) is 12.7. The van der Waals surface area contributed by atoms with Crippen molar-refractivity contribution in [2.45, 2.75) is 76.5 Å². The van der Waals surface area contributed by atoms with E-state index in [1.54, 1.807) is 4.90 Å². The van der Waals surface area contributed by atoms with Crippen LogP contribution in [0.15, 0.2) is 60.7 Å². The highest BCUT2D eigenvalue weighted by Gasteiger charge is 2.33. The van der Waals surface area contributed by atoms with Gasteiger partial charge in [0.2, 0.25) is 23.6 Å². The molecular formula is C35H53N7O4. The van der Waals surface area contributed by atoms with Crippen molar-refractivity contribution in [1.29, 1.82) is 0 Å². The highest BCUT2D eigenvalue weighted by Crippen LogP contribution is 2.12. The quantitative estimate of drug-likeness (QED) is 0.163. The standard InChI is InChI=1S/C35H53N7O4/c1-25(2)22-30(33(44)38-29(16-10-11-17-36)35(46)42-20-18-41(3)19-21-42)40-34(45)31(24-27-14-8-5-9-15-27)39-32(43)28(37)23-26-12-6-4-7-13-26/h4-9,12-15,25,28-31H,10-11,16-24,36-37H2,1-3H3,(H,38,44)(H,39,43)(H,40,45)/t28-,29-,30-,31-/m1/s1.